The van der Waals surface area contributed by atoms with Crippen LogP contribution in [0.2, 0.25) is 0 Å². The maximum atomic E-state index is 11.9. The van der Waals surface area contributed by atoms with E-state index in [0.717, 1.165) is 25.5 Å². The van der Waals surface area contributed by atoms with Gasteiger partial charge in [0.1, 0.15) is 24.5 Å². The number of nitrogens with one attached hydrogen (secondary N) is 1. The van der Waals surface area contributed by atoms with Gasteiger partial charge in [-0.2, -0.15) is 0 Å². The molecule has 30 heavy (non-hydrogen) atoms. The fraction of sp³-hybridized carbons (Fsp3) is 0.476. The van der Waals surface area contributed by atoms with E-state index in [4.69, 9.17) is 4.74 Å². The molecule has 2 amide bonds. The number of carbonyl (C=O) groups excluding carboxylic acids is 5. The monoisotopic (exact) mass is 490 g/mol. The van der Waals surface area contributed by atoms with E-state index in [9.17, 15) is 24.0 Å². The van der Waals surface area contributed by atoms with Gasteiger partial charge in [-0.15, -0.1) is 5.69 Å². The summed E-state index contributed by atoms with van der Waals surface area (Å²) in [6.45, 7) is 1.28. The maximum absolute atomic E-state index is 11.9. The Bertz CT molecular complexity index is 730. The molecule has 0 aliphatic carbocycles. The zero-order valence-corrected chi connectivity index (χ0v) is 22.6. The molecule has 0 atom stereocenters. The summed E-state index contributed by atoms with van der Waals surface area (Å²) in [6, 6.07) is 6.62. The first-order valence-electron chi connectivity index (χ1n) is 9.53. The second-order valence-electron chi connectivity index (χ2n) is 6.63. The van der Waals surface area contributed by atoms with Crippen molar-refractivity contribution in [1.82, 2.24) is 5.32 Å². The van der Waals surface area contributed by atoms with Crippen LogP contribution in [0.4, 0.5) is 5.69 Å². The molecule has 0 radical (unpaired) electrons. The second-order valence-corrected chi connectivity index (χ2v) is 6.63. The zero-order valence-electron chi connectivity index (χ0n) is 17.6. The fourth-order valence-corrected chi connectivity index (χ4v) is 2.52. The minimum absolute atomic E-state index is 0. The van der Waals surface area contributed by atoms with E-state index in [0.29, 0.717) is 24.2 Å². The fourth-order valence-electron chi connectivity index (χ4n) is 2.52. The number of unbranched alkanes of at least 4 members (excludes halogenated alkanes) is 3. The third kappa shape index (κ3) is 14.8. The molecular weight excluding hydrogens is 462 g/mol. The molecular formula is C21H29N2O6Rb. The first kappa shape index (κ1) is 28.9. The Morgan fingerprint density at radius 1 is 1.13 bits per heavy atom. The van der Waals surface area contributed by atoms with E-state index >= 15 is 0 Å². The molecule has 1 aromatic rings. The van der Waals surface area contributed by atoms with Crippen molar-refractivity contribution in [2.75, 3.05) is 19.8 Å². The summed E-state index contributed by atoms with van der Waals surface area (Å²) < 4.78 is 5.07. The molecule has 0 aliphatic heterocycles. The number of aldehydes is 1. The van der Waals surface area contributed by atoms with Gasteiger partial charge in [0.2, 0.25) is 5.91 Å². The third-order valence-corrected chi connectivity index (χ3v) is 3.79. The zero-order chi connectivity index (χ0) is 21.5. The number of amides is 2. The smallest absolute Gasteiger partial charge is 0.625 e. The van der Waals surface area contributed by atoms with Crippen molar-refractivity contribution in [1.29, 1.82) is 0 Å². The van der Waals surface area contributed by atoms with E-state index < -0.39 is 5.91 Å². The van der Waals surface area contributed by atoms with Crippen LogP contribution in [0.5, 0.6) is 0 Å². The molecule has 0 saturated carbocycles. The quantitative estimate of drug-likeness (QED) is 0.200. The summed E-state index contributed by atoms with van der Waals surface area (Å²) in [5.41, 5.74) is 1.05. The molecule has 8 nitrogen and oxygen atoms in total. The van der Waals surface area contributed by atoms with Crippen LogP contribution >= 0.6 is 0 Å². The minimum atomic E-state index is -0.543. The summed E-state index contributed by atoms with van der Waals surface area (Å²) >= 11 is 0. The Morgan fingerprint density at radius 2 is 1.90 bits per heavy atom. The van der Waals surface area contributed by atoms with Crippen LogP contribution in [0, 0.1) is 0 Å². The van der Waals surface area contributed by atoms with Crippen LogP contribution < -0.4 is 63.5 Å². The van der Waals surface area contributed by atoms with Gasteiger partial charge in [-0.05, 0) is 25.3 Å². The Balaban J connectivity index is 0. The SMILES string of the molecule is CC(=O)CC(=O)Cc1cccc([N-]C(=O)COCC(=O)NCCCCCC=O)c1.[HH].[Rb+]. The van der Waals surface area contributed by atoms with Crippen molar-refractivity contribution in [3.63, 3.8) is 0 Å². The standard InChI is InChI=1S/C21H28N2O6.Rb.H2/c1-16(25)11-19(26)13-17-7-6-8-18(12-17)23-21(28)15-29-14-20(27)22-9-4-2-3-5-10-24;;/h6-8,10,12H,2-5,9,11,13-15H2,1H3,(H2,22,23,27,28);;1H/q;+1;/p-1. The summed E-state index contributed by atoms with van der Waals surface area (Å²) in [4.78, 5) is 56.3. The van der Waals surface area contributed by atoms with Gasteiger partial charge in [-0.25, -0.2) is 0 Å². The Morgan fingerprint density at radius 3 is 2.60 bits per heavy atom. The number of ether oxygens (including phenoxy) is 1. The maximum Gasteiger partial charge on any atom is 1.00 e. The van der Waals surface area contributed by atoms with Gasteiger partial charge in [-0.1, -0.05) is 30.7 Å². The first-order chi connectivity index (χ1) is 13.9. The van der Waals surface area contributed by atoms with Crippen molar-refractivity contribution in [2.24, 2.45) is 0 Å². The summed E-state index contributed by atoms with van der Waals surface area (Å²) in [7, 11) is 0. The molecule has 1 N–H and O–H groups in total. The average Bonchev–Trinajstić information content (AvgIpc) is 2.64. The van der Waals surface area contributed by atoms with E-state index in [1.165, 1.54) is 6.92 Å². The van der Waals surface area contributed by atoms with Gasteiger partial charge >= 0.3 is 58.2 Å². The molecule has 0 unspecified atom stereocenters. The predicted molar refractivity (Wildman–Crippen MR) is 109 cm³/mol. The topological polar surface area (TPSA) is 121 Å². The molecule has 0 aliphatic rings. The van der Waals surface area contributed by atoms with Crippen molar-refractivity contribution < 1.29 is 88.3 Å². The number of rotatable bonds is 15. The van der Waals surface area contributed by atoms with E-state index in [2.05, 4.69) is 10.6 Å². The van der Waals surface area contributed by atoms with Gasteiger partial charge in [0.15, 0.2) is 0 Å². The average molecular weight is 491 g/mol. The molecule has 0 heterocycles. The van der Waals surface area contributed by atoms with Crippen molar-refractivity contribution in [2.45, 2.75) is 45.4 Å². The van der Waals surface area contributed by atoms with Crippen LogP contribution in [0.3, 0.4) is 0 Å². The number of carbonyl (C=O) groups is 5. The molecule has 160 valence electrons. The van der Waals surface area contributed by atoms with Gasteiger partial charge < -0.3 is 25.0 Å². The molecule has 1 aromatic carbocycles. The predicted octanol–water partition coefficient (Wildman–Crippen LogP) is -0.549. The van der Waals surface area contributed by atoms with Crippen molar-refractivity contribution in [3.8, 4) is 0 Å². The van der Waals surface area contributed by atoms with Crippen LogP contribution in [-0.4, -0.2) is 49.4 Å². The van der Waals surface area contributed by atoms with Crippen LogP contribution in [0.15, 0.2) is 24.3 Å². The van der Waals surface area contributed by atoms with Crippen molar-refractivity contribution in [3.05, 3.63) is 35.1 Å². The number of hydrogen-bond donors (Lipinski definition) is 1. The van der Waals surface area contributed by atoms with Crippen molar-refractivity contribution >= 4 is 35.4 Å². The Hall–Kier alpha value is -1.06. The van der Waals surface area contributed by atoms with Gasteiger partial charge in [-0.3, -0.25) is 14.4 Å². The molecule has 1 rings (SSSR count). The van der Waals surface area contributed by atoms with Crippen LogP contribution in [-0.2, 0) is 35.1 Å². The second kappa shape index (κ2) is 17.6. The van der Waals surface area contributed by atoms with E-state index in [1.54, 1.807) is 24.3 Å². The van der Waals surface area contributed by atoms with Gasteiger partial charge in [0, 0.05) is 20.8 Å². The minimum Gasteiger partial charge on any atom is -0.625 e. The summed E-state index contributed by atoms with van der Waals surface area (Å²) in [6.07, 6.45) is 3.82. The molecule has 0 fully saturated rings. The van der Waals surface area contributed by atoms with E-state index in [1.807, 2.05) is 0 Å². The summed E-state index contributed by atoms with van der Waals surface area (Å²) in [5.74, 6) is -1.25. The molecule has 0 spiro atoms. The molecule has 0 aromatic heterocycles. The normalized spacial score (nSPS) is 9.90. The van der Waals surface area contributed by atoms with Gasteiger partial charge in [0.05, 0.1) is 18.9 Å². The largest absolute Gasteiger partial charge is 1.00 e. The number of nitrogens with zero attached hydrogens (tertiary/aromatic N) is 1. The number of Topliss-reactive ketones (excluding diaryl/α,β-unsaturated/α-hetero) is 2. The Labute approximate surface area is 227 Å². The third-order valence-electron chi connectivity index (χ3n) is 3.79. The van der Waals surface area contributed by atoms with Crippen LogP contribution in [0.25, 0.3) is 5.32 Å². The number of benzene rings is 1. The first-order valence-corrected chi connectivity index (χ1v) is 9.53. The number of ketones is 2. The molecule has 0 saturated heterocycles. The van der Waals surface area contributed by atoms with Crippen LogP contribution in [0.1, 0.15) is 46.0 Å². The van der Waals surface area contributed by atoms with E-state index in [-0.39, 0.29) is 103 Å². The van der Waals surface area contributed by atoms with Gasteiger partial charge in [0.25, 0.3) is 0 Å². The molecule has 0 bridgehead atoms. The molecule has 9 heteroatoms. The Kier molecular flexibility index (Phi) is 17.0. The number of hydrogen-bond acceptors (Lipinski definition) is 6. The summed E-state index contributed by atoms with van der Waals surface area (Å²) in [5, 5.41) is 6.56.